The fraction of sp³-hybridized carbons (Fsp3) is 0.312. The highest BCUT2D eigenvalue weighted by Crippen LogP contribution is 2.32. The maximum atomic E-state index is 12.8. The van der Waals surface area contributed by atoms with Gasteiger partial charge >= 0.3 is 0 Å². The van der Waals surface area contributed by atoms with Gasteiger partial charge in [0.25, 0.3) is 0 Å². The van der Waals surface area contributed by atoms with E-state index in [1.807, 2.05) is 49.0 Å². The lowest BCUT2D eigenvalue weighted by Crippen LogP contribution is -2.40. The van der Waals surface area contributed by atoms with Gasteiger partial charge in [0.2, 0.25) is 11.8 Å². The maximum Gasteiger partial charge on any atom is 0.237 e. The van der Waals surface area contributed by atoms with Crippen molar-refractivity contribution in [1.82, 2.24) is 9.55 Å². The molecule has 0 aliphatic carbocycles. The van der Waals surface area contributed by atoms with E-state index in [1.165, 1.54) is 11.8 Å². The lowest BCUT2D eigenvalue weighted by molar-refractivity contribution is -0.117. The first-order chi connectivity index (χ1) is 11.1. The van der Waals surface area contributed by atoms with Crippen molar-refractivity contribution in [2.75, 3.05) is 16.0 Å². The van der Waals surface area contributed by atoms with Crippen molar-refractivity contribution in [3.8, 4) is 0 Å². The first-order valence-corrected chi connectivity index (χ1v) is 8.36. The van der Waals surface area contributed by atoms with Gasteiger partial charge in [-0.15, -0.1) is 0 Å². The largest absolute Gasteiger partial charge is 0.329 e. The van der Waals surface area contributed by atoms with Gasteiger partial charge in [-0.05, 0) is 19.1 Å². The van der Waals surface area contributed by atoms with Gasteiger partial charge in [-0.3, -0.25) is 9.59 Å². The lowest BCUT2D eigenvalue weighted by atomic mass is 10.2. The number of imidazole rings is 1. The van der Waals surface area contributed by atoms with Gasteiger partial charge in [0.05, 0.1) is 17.1 Å². The Bertz CT molecular complexity index is 743. The number of anilines is 2. The Morgan fingerprint density at radius 3 is 2.96 bits per heavy atom. The predicted octanol–water partition coefficient (Wildman–Crippen LogP) is 2.28. The first kappa shape index (κ1) is 15.6. The van der Waals surface area contributed by atoms with Crippen LogP contribution < -0.4 is 10.2 Å². The highest BCUT2D eigenvalue weighted by molar-refractivity contribution is 7.99. The molecule has 1 atom stereocenters. The van der Waals surface area contributed by atoms with Gasteiger partial charge in [0.1, 0.15) is 0 Å². The molecule has 0 fully saturated rings. The summed E-state index contributed by atoms with van der Waals surface area (Å²) in [5, 5.41) is 3.66. The Morgan fingerprint density at radius 2 is 2.22 bits per heavy atom. The summed E-state index contributed by atoms with van der Waals surface area (Å²) in [5.74, 6) is 0.170. The average Bonchev–Trinajstić information content (AvgIpc) is 2.86. The number of benzene rings is 1. The van der Waals surface area contributed by atoms with Crippen molar-refractivity contribution >= 4 is 35.0 Å². The lowest BCUT2D eigenvalue weighted by Gasteiger charge is -2.27. The second-order valence-electron chi connectivity index (χ2n) is 5.49. The van der Waals surface area contributed by atoms with E-state index in [0.717, 1.165) is 10.8 Å². The van der Waals surface area contributed by atoms with Crippen molar-refractivity contribution < 1.29 is 9.59 Å². The summed E-state index contributed by atoms with van der Waals surface area (Å²) < 4.78 is 1.88. The summed E-state index contributed by atoms with van der Waals surface area (Å²) in [5.41, 5.74) is 1.42. The van der Waals surface area contributed by atoms with E-state index in [-0.39, 0.29) is 30.0 Å². The van der Waals surface area contributed by atoms with Crippen LogP contribution >= 0.6 is 11.8 Å². The molecule has 0 radical (unpaired) electrons. The number of para-hydroxylation sites is 2. The van der Waals surface area contributed by atoms with Crippen LogP contribution in [0.15, 0.2) is 41.8 Å². The summed E-state index contributed by atoms with van der Waals surface area (Å²) in [7, 11) is 1.90. The number of fused-ring (bicyclic) bond motifs is 1. The average molecular weight is 330 g/mol. The molecule has 2 amide bonds. The minimum absolute atomic E-state index is 0.0329. The summed E-state index contributed by atoms with van der Waals surface area (Å²) in [6.45, 7) is 1.89. The molecule has 0 bridgehead atoms. The zero-order chi connectivity index (χ0) is 16.4. The van der Waals surface area contributed by atoms with Crippen LogP contribution in [0.5, 0.6) is 0 Å². The zero-order valence-corrected chi connectivity index (χ0v) is 13.8. The van der Waals surface area contributed by atoms with Gasteiger partial charge in [-0.2, -0.15) is 0 Å². The molecule has 1 aliphatic rings. The van der Waals surface area contributed by atoms with Crippen molar-refractivity contribution in [1.29, 1.82) is 0 Å². The molecule has 120 valence electrons. The fourth-order valence-corrected chi connectivity index (χ4v) is 3.45. The molecular weight excluding hydrogens is 312 g/mol. The second kappa shape index (κ2) is 6.45. The predicted molar refractivity (Wildman–Crippen MR) is 90.6 cm³/mol. The van der Waals surface area contributed by atoms with Gasteiger partial charge in [0, 0.05) is 31.9 Å². The van der Waals surface area contributed by atoms with Crippen molar-refractivity contribution in [2.24, 2.45) is 7.05 Å². The topological polar surface area (TPSA) is 67.2 Å². The number of aryl methyl sites for hydroxylation is 1. The molecule has 7 heteroatoms. The Balaban J connectivity index is 1.83. The van der Waals surface area contributed by atoms with E-state index in [9.17, 15) is 9.59 Å². The Labute approximate surface area is 138 Å². The number of carbonyl (C=O) groups is 2. The number of nitrogens with zero attached hydrogens (tertiary/aromatic N) is 3. The number of thioether (sulfide) groups is 1. The summed E-state index contributed by atoms with van der Waals surface area (Å²) in [6.07, 6.45) is 3.84. The number of rotatable bonds is 3. The fourth-order valence-electron chi connectivity index (χ4n) is 2.65. The Morgan fingerprint density at radius 1 is 1.43 bits per heavy atom. The van der Waals surface area contributed by atoms with Crippen LogP contribution in [0.4, 0.5) is 11.4 Å². The summed E-state index contributed by atoms with van der Waals surface area (Å²) in [6, 6.07) is 7.21. The van der Waals surface area contributed by atoms with E-state index in [2.05, 4.69) is 10.3 Å². The van der Waals surface area contributed by atoms with Crippen LogP contribution in [-0.4, -0.2) is 33.2 Å². The number of nitrogens with one attached hydrogen (secondary N) is 1. The minimum Gasteiger partial charge on any atom is -0.329 e. The molecule has 0 spiro atoms. The highest BCUT2D eigenvalue weighted by Gasteiger charge is 2.29. The second-order valence-corrected chi connectivity index (χ2v) is 6.43. The molecule has 1 aliphatic heterocycles. The molecule has 6 nitrogen and oxygen atoms in total. The van der Waals surface area contributed by atoms with Gasteiger partial charge in [-0.1, -0.05) is 23.9 Å². The van der Waals surface area contributed by atoms with E-state index in [0.29, 0.717) is 5.69 Å². The normalized spacial score (nSPS) is 17.4. The van der Waals surface area contributed by atoms with Crippen LogP contribution in [0.25, 0.3) is 0 Å². The number of amides is 2. The monoisotopic (exact) mass is 330 g/mol. The molecule has 23 heavy (non-hydrogen) atoms. The van der Waals surface area contributed by atoms with E-state index in [4.69, 9.17) is 0 Å². The molecular formula is C16H18N4O2S. The van der Waals surface area contributed by atoms with Crippen LogP contribution in [-0.2, 0) is 16.6 Å². The van der Waals surface area contributed by atoms with Crippen LogP contribution in [0, 0.1) is 0 Å². The quantitative estimate of drug-likeness (QED) is 0.877. The molecule has 1 N–H and O–H groups in total. The molecule has 1 aromatic carbocycles. The number of hydrogen-bond acceptors (Lipinski definition) is 4. The SMILES string of the molecule is CC1CC(=O)Nc2ccccc2N1C(=O)CSc1nccn1C. The van der Waals surface area contributed by atoms with E-state index >= 15 is 0 Å². The zero-order valence-electron chi connectivity index (χ0n) is 13.0. The van der Waals surface area contributed by atoms with Crippen molar-refractivity contribution in [3.05, 3.63) is 36.7 Å². The highest BCUT2D eigenvalue weighted by atomic mass is 32.2. The van der Waals surface area contributed by atoms with Gasteiger partial charge in [-0.25, -0.2) is 4.98 Å². The van der Waals surface area contributed by atoms with Gasteiger partial charge < -0.3 is 14.8 Å². The molecule has 3 rings (SSSR count). The maximum absolute atomic E-state index is 12.8. The molecule has 2 heterocycles. The molecule has 1 unspecified atom stereocenters. The van der Waals surface area contributed by atoms with E-state index in [1.54, 1.807) is 11.1 Å². The summed E-state index contributed by atoms with van der Waals surface area (Å²) >= 11 is 1.40. The van der Waals surface area contributed by atoms with Crippen LogP contribution in [0.2, 0.25) is 0 Å². The van der Waals surface area contributed by atoms with Crippen LogP contribution in [0.1, 0.15) is 13.3 Å². The Hall–Kier alpha value is -2.28. The van der Waals surface area contributed by atoms with Crippen LogP contribution in [0.3, 0.4) is 0 Å². The smallest absolute Gasteiger partial charge is 0.237 e. The first-order valence-electron chi connectivity index (χ1n) is 7.37. The minimum atomic E-state index is -0.187. The Kier molecular flexibility index (Phi) is 4.38. The molecule has 1 aromatic heterocycles. The number of carbonyl (C=O) groups excluding carboxylic acids is 2. The number of hydrogen-bond donors (Lipinski definition) is 1. The number of aromatic nitrogens is 2. The third kappa shape index (κ3) is 3.24. The molecule has 0 saturated heterocycles. The van der Waals surface area contributed by atoms with Crippen molar-refractivity contribution in [2.45, 2.75) is 24.5 Å². The standard InChI is InChI=1S/C16H18N4O2S/c1-11-9-14(21)18-12-5-3-4-6-13(12)20(11)15(22)10-23-16-17-7-8-19(16)2/h3-8,11H,9-10H2,1-2H3,(H,18,21). The third-order valence-corrected chi connectivity index (χ3v) is 4.77. The summed E-state index contributed by atoms with van der Waals surface area (Å²) in [4.78, 5) is 30.6. The molecule has 2 aromatic rings. The third-order valence-electron chi connectivity index (χ3n) is 3.73. The van der Waals surface area contributed by atoms with E-state index < -0.39 is 0 Å². The van der Waals surface area contributed by atoms with Gasteiger partial charge in [0.15, 0.2) is 5.16 Å². The van der Waals surface area contributed by atoms with Crippen molar-refractivity contribution in [3.63, 3.8) is 0 Å². The molecule has 0 saturated carbocycles.